The van der Waals surface area contributed by atoms with Gasteiger partial charge in [-0.05, 0) is 52.9 Å². The Morgan fingerprint density at radius 3 is 1.80 bits per heavy atom. The van der Waals surface area contributed by atoms with Gasteiger partial charge in [0.2, 0.25) is 0 Å². The predicted molar refractivity (Wildman–Crippen MR) is 254 cm³/mol. The number of aromatic nitrogens is 4. The second-order valence-corrected chi connectivity index (χ2v) is 16.6. The molecule has 0 unspecified atom stereocenters. The van der Waals surface area contributed by atoms with Crippen LogP contribution in [-0.4, -0.2) is 19.5 Å². The number of benzene rings is 9. The van der Waals surface area contributed by atoms with E-state index in [1.54, 1.807) is 0 Å². The average molecular weight is 797 g/mol. The fraction of sp³-hybridized carbons (Fsp3) is 0. The highest BCUT2D eigenvalue weighted by Gasteiger charge is 2.24. The van der Waals surface area contributed by atoms with Crippen molar-refractivity contribution in [3.05, 3.63) is 194 Å². The molecule has 0 aliphatic rings. The van der Waals surface area contributed by atoms with Crippen LogP contribution in [0.2, 0.25) is 0 Å². The van der Waals surface area contributed by atoms with Crippen LogP contribution in [0.4, 0.5) is 0 Å². The van der Waals surface area contributed by atoms with Gasteiger partial charge in [-0.15, -0.1) is 11.3 Å². The summed E-state index contributed by atoms with van der Waals surface area (Å²) >= 11 is 1.83. The maximum atomic E-state index is 6.80. The topological polar surface area (TPSA) is 56.7 Å². The number of rotatable bonds is 5. The quantitative estimate of drug-likeness (QED) is 0.174. The number of hydrogen-bond donors (Lipinski definition) is 0. The van der Waals surface area contributed by atoms with Crippen LogP contribution in [-0.2, 0) is 0 Å². The van der Waals surface area contributed by atoms with Crippen LogP contribution in [0.3, 0.4) is 0 Å². The van der Waals surface area contributed by atoms with Gasteiger partial charge in [0.05, 0.1) is 16.7 Å². The summed E-state index contributed by atoms with van der Waals surface area (Å²) in [5.41, 5.74) is 10.1. The zero-order valence-corrected chi connectivity index (χ0v) is 33.4. The molecule has 61 heavy (non-hydrogen) atoms. The summed E-state index contributed by atoms with van der Waals surface area (Å²) in [6, 6.07) is 68.3. The van der Waals surface area contributed by atoms with E-state index in [0.29, 0.717) is 17.5 Å². The molecule has 0 amide bonds. The summed E-state index contributed by atoms with van der Waals surface area (Å²) in [5.74, 6) is 1.87. The first-order chi connectivity index (χ1) is 30.2. The minimum Gasteiger partial charge on any atom is -0.454 e. The molecule has 0 N–H and O–H groups in total. The van der Waals surface area contributed by atoms with Crippen LogP contribution in [0.15, 0.2) is 199 Å². The van der Waals surface area contributed by atoms with Crippen LogP contribution in [0.25, 0.3) is 126 Å². The molecular formula is C55H32N4OS. The lowest BCUT2D eigenvalue weighted by Crippen LogP contribution is -2.01. The second-order valence-electron chi connectivity index (χ2n) is 15.5. The standard InChI is InChI=1S/C55H32N4OS/c1-3-14-33(15-4-1)34-26-28-36(29-27-34)54-56-53(35-16-5-2-6-17-35)57-55(58-54)44-32-43-39-20-9-12-25-48(39)61-52(43)49-40(44)21-13-23-46(49)59-45-22-10-7-18-37(45)41-30-31-42-38-19-8-11-24-47(38)60-51(42)50(41)59/h1-32H. The van der Waals surface area contributed by atoms with E-state index in [-0.39, 0.29) is 0 Å². The van der Waals surface area contributed by atoms with E-state index < -0.39 is 0 Å². The molecule has 9 aromatic carbocycles. The number of fused-ring (bicyclic) bond motifs is 12. The SMILES string of the molecule is c1ccc(-c2ccc(-c3nc(-c4ccccc4)nc(-c4cc5c6ccccc6sc5c5c(-n6c7ccccc7c7ccc8c9ccccc9oc8c76)cccc45)n3)cc2)cc1. The van der Waals surface area contributed by atoms with Gasteiger partial charge in [0.25, 0.3) is 0 Å². The summed E-state index contributed by atoms with van der Waals surface area (Å²) in [4.78, 5) is 15.8. The van der Waals surface area contributed by atoms with E-state index in [2.05, 4.69) is 168 Å². The molecule has 0 aliphatic heterocycles. The minimum atomic E-state index is 0.622. The molecule has 0 radical (unpaired) electrons. The van der Waals surface area contributed by atoms with Crippen LogP contribution < -0.4 is 0 Å². The first-order valence-electron chi connectivity index (χ1n) is 20.4. The zero-order valence-electron chi connectivity index (χ0n) is 32.6. The molecule has 0 bridgehead atoms. The Bertz CT molecular complexity index is 3870. The predicted octanol–water partition coefficient (Wildman–Crippen LogP) is 15.1. The highest BCUT2D eigenvalue weighted by molar-refractivity contribution is 7.26. The fourth-order valence-corrected chi connectivity index (χ4v) is 10.5. The largest absolute Gasteiger partial charge is 0.454 e. The highest BCUT2D eigenvalue weighted by Crippen LogP contribution is 2.47. The summed E-state index contributed by atoms with van der Waals surface area (Å²) in [6.07, 6.45) is 0. The lowest BCUT2D eigenvalue weighted by molar-refractivity contribution is 0.671. The number of para-hydroxylation sites is 2. The molecule has 0 atom stereocenters. The van der Waals surface area contributed by atoms with E-state index in [9.17, 15) is 0 Å². The Balaban J connectivity index is 1.13. The van der Waals surface area contributed by atoms with Crippen LogP contribution >= 0.6 is 11.3 Å². The maximum absolute atomic E-state index is 6.80. The summed E-state index contributed by atoms with van der Waals surface area (Å²) in [7, 11) is 0. The Labute approximate surface area is 353 Å². The third kappa shape index (κ3) is 5.22. The van der Waals surface area contributed by atoms with Crippen molar-refractivity contribution in [1.29, 1.82) is 0 Å². The van der Waals surface area contributed by atoms with Crippen molar-refractivity contribution in [2.45, 2.75) is 0 Å². The molecular weight excluding hydrogens is 765 g/mol. The number of nitrogens with zero attached hydrogens (tertiary/aromatic N) is 4. The van der Waals surface area contributed by atoms with Gasteiger partial charge in [-0.1, -0.05) is 158 Å². The van der Waals surface area contributed by atoms with Gasteiger partial charge in [0.15, 0.2) is 23.1 Å². The lowest BCUT2D eigenvalue weighted by Gasteiger charge is -2.16. The summed E-state index contributed by atoms with van der Waals surface area (Å²) < 4.78 is 11.7. The number of furan rings is 1. The molecule has 5 nitrogen and oxygen atoms in total. The fourth-order valence-electron chi connectivity index (χ4n) is 9.26. The van der Waals surface area contributed by atoms with Gasteiger partial charge in [0.1, 0.15) is 5.58 Å². The molecule has 0 aliphatic carbocycles. The second kappa shape index (κ2) is 13.3. The van der Waals surface area contributed by atoms with Crippen molar-refractivity contribution in [1.82, 2.24) is 19.5 Å². The summed E-state index contributed by atoms with van der Waals surface area (Å²) in [6.45, 7) is 0. The van der Waals surface area contributed by atoms with Crippen molar-refractivity contribution in [2.24, 2.45) is 0 Å². The molecule has 0 fully saturated rings. The van der Waals surface area contributed by atoms with E-state index in [4.69, 9.17) is 19.4 Å². The molecule has 13 rings (SSSR count). The van der Waals surface area contributed by atoms with Crippen LogP contribution in [0, 0.1) is 0 Å². The Hall–Kier alpha value is -7.93. The molecule has 4 heterocycles. The molecule has 0 spiro atoms. The van der Waals surface area contributed by atoms with E-state index in [1.165, 1.54) is 31.1 Å². The Morgan fingerprint density at radius 2 is 1.00 bits per heavy atom. The van der Waals surface area contributed by atoms with Gasteiger partial charge in [0, 0.05) is 63.8 Å². The first kappa shape index (κ1) is 34.0. The monoisotopic (exact) mass is 796 g/mol. The van der Waals surface area contributed by atoms with Gasteiger partial charge >= 0.3 is 0 Å². The summed E-state index contributed by atoms with van der Waals surface area (Å²) in [5, 5.41) is 9.11. The maximum Gasteiger partial charge on any atom is 0.164 e. The van der Waals surface area contributed by atoms with E-state index in [0.717, 1.165) is 77.1 Å². The van der Waals surface area contributed by atoms with Crippen molar-refractivity contribution in [3.8, 4) is 51.0 Å². The van der Waals surface area contributed by atoms with Gasteiger partial charge < -0.3 is 8.98 Å². The molecule has 4 aromatic heterocycles. The average Bonchev–Trinajstić information content (AvgIpc) is 4.01. The third-order valence-electron chi connectivity index (χ3n) is 12.1. The van der Waals surface area contributed by atoms with Gasteiger partial charge in [-0.3, -0.25) is 0 Å². The number of thiophene rings is 1. The molecule has 0 saturated heterocycles. The molecule has 0 saturated carbocycles. The van der Waals surface area contributed by atoms with E-state index >= 15 is 0 Å². The van der Waals surface area contributed by atoms with Gasteiger partial charge in [-0.25, -0.2) is 15.0 Å². The first-order valence-corrected chi connectivity index (χ1v) is 21.3. The highest BCUT2D eigenvalue weighted by atomic mass is 32.1. The Morgan fingerprint density at radius 1 is 0.410 bits per heavy atom. The molecule has 13 aromatic rings. The zero-order chi connectivity index (χ0) is 40.0. The van der Waals surface area contributed by atoms with Crippen molar-refractivity contribution in [3.63, 3.8) is 0 Å². The smallest absolute Gasteiger partial charge is 0.164 e. The van der Waals surface area contributed by atoms with Crippen LogP contribution in [0.1, 0.15) is 0 Å². The molecule has 6 heteroatoms. The van der Waals surface area contributed by atoms with Gasteiger partial charge in [-0.2, -0.15) is 0 Å². The van der Waals surface area contributed by atoms with E-state index in [1.807, 2.05) is 41.7 Å². The Kier molecular flexibility index (Phi) is 7.41. The lowest BCUT2D eigenvalue weighted by atomic mass is 9.98. The minimum absolute atomic E-state index is 0.622. The number of hydrogen-bond acceptors (Lipinski definition) is 5. The third-order valence-corrected chi connectivity index (χ3v) is 13.3. The molecule has 284 valence electrons. The normalized spacial score (nSPS) is 11.9. The van der Waals surface area contributed by atoms with Crippen molar-refractivity contribution in [2.75, 3.05) is 0 Å². The van der Waals surface area contributed by atoms with Crippen LogP contribution in [0.5, 0.6) is 0 Å². The van der Waals surface area contributed by atoms with Crippen molar-refractivity contribution < 1.29 is 4.42 Å². The van der Waals surface area contributed by atoms with Crippen molar-refractivity contribution >= 4 is 86.0 Å².